The number of allylic oxidation sites excluding steroid dienone is 2. The van der Waals surface area contributed by atoms with E-state index < -0.39 is 0 Å². The van der Waals surface area contributed by atoms with Crippen LogP contribution in [0.3, 0.4) is 0 Å². The molecular weight excluding hydrogens is 232 g/mol. The molecule has 46 valence electrons. The van der Waals surface area contributed by atoms with Gasteiger partial charge in [0.1, 0.15) is 0 Å². The summed E-state index contributed by atoms with van der Waals surface area (Å²) >= 11 is 7.04. The van der Waals surface area contributed by atoms with Crippen molar-refractivity contribution in [3.8, 4) is 0 Å². The van der Waals surface area contributed by atoms with Crippen LogP contribution in [0.4, 0.5) is 0 Å². The lowest BCUT2D eigenvalue weighted by atomic mass is 10.4. The SMILES string of the molecule is C/C=C/C1CC1(Br)Br. The van der Waals surface area contributed by atoms with Crippen LogP contribution >= 0.6 is 31.9 Å². The Hall–Kier alpha value is 0.700. The van der Waals surface area contributed by atoms with Crippen LogP contribution in [0, 0.1) is 5.92 Å². The summed E-state index contributed by atoms with van der Waals surface area (Å²) in [4.78, 5) is 0. The Morgan fingerprint density at radius 1 is 1.62 bits per heavy atom. The van der Waals surface area contributed by atoms with Crippen LogP contribution in [0.2, 0.25) is 0 Å². The van der Waals surface area contributed by atoms with Crippen molar-refractivity contribution < 1.29 is 0 Å². The van der Waals surface area contributed by atoms with Gasteiger partial charge in [-0.1, -0.05) is 44.0 Å². The van der Waals surface area contributed by atoms with E-state index in [1.54, 1.807) is 0 Å². The summed E-state index contributed by atoms with van der Waals surface area (Å²) in [5.74, 6) is 0.715. The fourth-order valence-corrected chi connectivity index (χ4v) is 1.68. The minimum absolute atomic E-state index is 0.256. The Kier molecular flexibility index (Phi) is 1.83. The number of hydrogen-bond donors (Lipinski definition) is 0. The molecule has 0 heterocycles. The van der Waals surface area contributed by atoms with Crippen LogP contribution in [0.15, 0.2) is 12.2 Å². The first-order valence-electron chi connectivity index (χ1n) is 2.67. The molecule has 0 bridgehead atoms. The third-order valence-corrected chi connectivity index (χ3v) is 3.12. The minimum Gasteiger partial charge on any atom is -0.0913 e. The summed E-state index contributed by atoms with van der Waals surface area (Å²) in [6.07, 6.45) is 5.52. The first-order valence-corrected chi connectivity index (χ1v) is 4.26. The van der Waals surface area contributed by atoms with E-state index in [2.05, 4.69) is 50.9 Å². The van der Waals surface area contributed by atoms with Crippen molar-refractivity contribution in [2.75, 3.05) is 0 Å². The van der Waals surface area contributed by atoms with Gasteiger partial charge in [-0.25, -0.2) is 0 Å². The molecule has 0 aliphatic heterocycles. The third-order valence-electron chi connectivity index (χ3n) is 1.30. The Bertz CT molecular complexity index is 116. The molecule has 1 fully saturated rings. The molecule has 0 nitrogen and oxygen atoms in total. The van der Waals surface area contributed by atoms with Crippen molar-refractivity contribution in [1.82, 2.24) is 0 Å². The Balaban J connectivity index is 2.37. The van der Waals surface area contributed by atoms with E-state index in [-0.39, 0.29) is 3.23 Å². The van der Waals surface area contributed by atoms with Gasteiger partial charge in [-0.3, -0.25) is 0 Å². The van der Waals surface area contributed by atoms with Gasteiger partial charge in [-0.2, -0.15) is 0 Å². The van der Waals surface area contributed by atoms with Gasteiger partial charge >= 0.3 is 0 Å². The molecule has 0 aromatic rings. The number of halogens is 2. The van der Waals surface area contributed by atoms with E-state index in [0.29, 0.717) is 5.92 Å². The molecular formula is C6H8Br2. The second-order valence-electron chi connectivity index (χ2n) is 2.10. The number of hydrogen-bond acceptors (Lipinski definition) is 0. The monoisotopic (exact) mass is 238 g/mol. The molecule has 1 rings (SSSR count). The zero-order valence-corrected chi connectivity index (χ0v) is 7.87. The first-order chi connectivity index (χ1) is 3.67. The van der Waals surface area contributed by atoms with Crippen LogP contribution in [0.25, 0.3) is 0 Å². The van der Waals surface area contributed by atoms with E-state index in [4.69, 9.17) is 0 Å². The highest BCUT2D eigenvalue weighted by molar-refractivity contribution is 9.25. The predicted octanol–water partition coefficient (Wildman–Crippen LogP) is 3.07. The van der Waals surface area contributed by atoms with Crippen molar-refractivity contribution in [3.05, 3.63) is 12.2 Å². The molecule has 1 aliphatic rings. The molecule has 0 radical (unpaired) electrons. The highest BCUT2D eigenvalue weighted by Crippen LogP contribution is 2.56. The van der Waals surface area contributed by atoms with E-state index >= 15 is 0 Å². The fraction of sp³-hybridized carbons (Fsp3) is 0.667. The Morgan fingerprint density at radius 2 is 2.12 bits per heavy atom. The summed E-state index contributed by atoms with van der Waals surface area (Å²) in [7, 11) is 0. The predicted molar refractivity (Wildman–Crippen MR) is 43.5 cm³/mol. The van der Waals surface area contributed by atoms with Crippen molar-refractivity contribution in [2.24, 2.45) is 5.92 Å². The van der Waals surface area contributed by atoms with Crippen LogP contribution in [-0.4, -0.2) is 3.23 Å². The highest BCUT2D eigenvalue weighted by Gasteiger charge is 2.48. The van der Waals surface area contributed by atoms with E-state index in [1.807, 2.05) is 0 Å². The van der Waals surface area contributed by atoms with E-state index in [0.717, 1.165) is 0 Å². The van der Waals surface area contributed by atoms with Gasteiger partial charge < -0.3 is 0 Å². The largest absolute Gasteiger partial charge is 0.0913 e. The van der Waals surface area contributed by atoms with Gasteiger partial charge in [-0.15, -0.1) is 0 Å². The Labute approximate surface area is 66.6 Å². The normalized spacial score (nSPS) is 33.6. The molecule has 2 heteroatoms. The lowest BCUT2D eigenvalue weighted by Crippen LogP contribution is -1.81. The van der Waals surface area contributed by atoms with E-state index in [1.165, 1.54) is 6.42 Å². The second kappa shape index (κ2) is 2.14. The minimum atomic E-state index is 0.256. The average molecular weight is 240 g/mol. The molecule has 1 aliphatic carbocycles. The van der Waals surface area contributed by atoms with Crippen molar-refractivity contribution in [3.63, 3.8) is 0 Å². The van der Waals surface area contributed by atoms with Crippen LogP contribution < -0.4 is 0 Å². The zero-order valence-electron chi connectivity index (χ0n) is 4.70. The molecule has 0 amide bonds. The standard InChI is InChI=1S/C6H8Br2/c1-2-3-5-4-6(5,7)8/h2-3,5H,4H2,1H3/b3-2+. The quantitative estimate of drug-likeness (QED) is 0.488. The smallest absolute Gasteiger partial charge is 0.0875 e. The average Bonchev–Trinajstić information content (AvgIpc) is 2.15. The molecule has 0 saturated heterocycles. The van der Waals surface area contributed by atoms with Gasteiger partial charge in [0.2, 0.25) is 0 Å². The molecule has 1 atom stereocenters. The number of alkyl halides is 2. The summed E-state index contributed by atoms with van der Waals surface area (Å²) in [5, 5.41) is 0. The highest BCUT2D eigenvalue weighted by atomic mass is 79.9. The van der Waals surface area contributed by atoms with Crippen molar-refractivity contribution in [1.29, 1.82) is 0 Å². The van der Waals surface area contributed by atoms with Crippen molar-refractivity contribution in [2.45, 2.75) is 16.6 Å². The second-order valence-corrected chi connectivity index (χ2v) is 5.99. The summed E-state index contributed by atoms with van der Waals surface area (Å²) in [5.41, 5.74) is 0. The molecule has 1 unspecified atom stereocenters. The van der Waals surface area contributed by atoms with Gasteiger partial charge in [0.05, 0.1) is 3.23 Å². The maximum absolute atomic E-state index is 3.52. The lowest BCUT2D eigenvalue weighted by Gasteiger charge is -1.89. The van der Waals surface area contributed by atoms with Crippen LogP contribution in [0.1, 0.15) is 13.3 Å². The van der Waals surface area contributed by atoms with Gasteiger partial charge in [0.15, 0.2) is 0 Å². The number of rotatable bonds is 1. The first kappa shape index (κ1) is 6.81. The summed E-state index contributed by atoms with van der Waals surface area (Å²) < 4.78 is 0.256. The molecule has 1 saturated carbocycles. The van der Waals surface area contributed by atoms with Crippen molar-refractivity contribution >= 4 is 31.9 Å². The van der Waals surface area contributed by atoms with Crippen LogP contribution in [-0.2, 0) is 0 Å². The van der Waals surface area contributed by atoms with E-state index in [9.17, 15) is 0 Å². The third kappa shape index (κ3) is 1.35. The van der Waals surface area contributed by atoms with Gasteiger partial charge in [0.25, 0.3) is 0 Å². The molecule has 0 aromatic carbocycles. The molecule has 8 heavy (non-hydrogen) atoms. The maximum atomic E-state index is 3.52. The molecule has 0 aromatic heterocycles. The van der Waals surface area contributed by atoms with Gasteiger partial charge in [-0.05, 0) is 13.3 Å². The maximum Gasteiger partial charge on any atom is 0.0875 e. The topological polar surface area (TPSA) is 0 Å². The zero-order chi connectivity index (χ0) is 6.20. The molecule has 0 spiro atoms. The fourth-order valence-electron chi connectivity index (χ4n) is 0.675. The molecule has 0 N–H and O–H groups in total. The lowest BCUT2D eigenvalue weighted by molar-refractivity contribution is 1.12. The Morgan fingerprint density at radius 3 is 2.25 bits per heavy atom. The summed E-state index contributed by atoms with van der Waals surface area (Å²) in [6.45, 7) is 2.05. The van der Waals surface area contributed by atoms with Crippen LogP contribution in [0.5, 0.6) is 0 Å². The summed E-state index contributed by atoms with van der Waals surface area (Å²) in [6, 6.07) is 0. The van der Waals surface area contributed by atoms with Gasteiger partial charge in [0, 0.05) is 5.92 Å².